The van der Waals surface area contributed by atoms with E-state index >= 15 is 0 Å². The summed E-state index contributed by atoms with van der Waals surface area (Å²) in [5, 5.41) is 9.80. The number of hydrogen-bond donors (Lipinski definition) is 1. The fourth-order valence-electron chi connectivity index (χ4n) is 3.18. The molecule has 2 aliphatic rings. The van der Waals surface area contributed by atoms with Gasteiger partial charge in [-0.3, -0.25) is 9.59 Å². The minimum Gasteiger partial charge on any atom is -0.396 e. The van der Waals surface area contributed by atoms with Crippen LogP contribution in [0.5, 0.6) is 0 Å². The van der Waals surface area contributed by atoms with E-state index in [4.69, 9.17) is 11.6 Å². The minimum atomic E-state index is -0.291. The fourth-order valence-corrected chi connectivity index (χ4v) is 3.31. The van der Waals surface area contributed by atoms with Gasteiger partial charge in [0.05, 0.1) is 5.92 Å². The third kappa shape index (κ3) is 2.96. The van der Waals surface area contributed by atoms with E-state index in [9.17, 15) is 14.7 Å². The van der Waals surface area contributed by atoms with Gasteiger partial charge in [0.2, 0.25) is 11.8 Å². The van der Waals surface area contributed by atoms with Crippen molar-refractivity contribution >= 4 is 29.1 Å². The van der Waals surface area contributed by atoms with E-state index in [1.54, 1.807) is 34.1 Å². The lowest BCUT2D eigenvalue weighted by molar-refractivity contribution is -0.134. The first-order chi connectivity index (χ1) is 10.6. The van der Waals surface area contributed by atoms with Gasteiger partial charge in [-0.15, -0.1) is 0 Å². The highest BCUT2D eigenvalue weighted by Crippen LogP contribution is 2.28. The molecule has 2 atom stereocenters. The summed E-state index contributed by atoms with van der Waals surface area (Å²) < 4.78 is 0. The molecule has 0 radical (unpaired) electrons. The van der Waals surface area contributed by atoms with Crippen LogP contribution in [0.25, 0.3) is 0 Å². The molecule has 5 nitrogen and oxygen atoms in total. The van der Waals surface area contributed by atoms with Gasteiger partial charge in [-0.25, -0.2) is 0 Å². The van der Waals surface area contributed by atoms with Gasteiger partial charge in [0.25, 0.3) is 0 Å². The summed E-state index contributed by atoms with van der Waals surface area (Å²) in [6.45, 7) is 1.81. The second-order valence-electron chi connectivity index (χ2n) is 6.00. The highest BCUT2D eigenvalue weighted by atomic mass is 35.5. The Kier molecular flexibility index (Phi) is 4.36. The largest absolute Gasteiger partial charge is 0.396 e. The molecule has 1 aromatic rings. The molecule has 2 saturated heterocycles. The number of hydrogen-bond acceptors (Lipinski definition) is 3. The fraction of sp³-hybridized carbons (Fsp3) is 0.500. The van der Waals surface area contributed by atoms with Crippen molar-refractivity contribution in [2.24, 2.45) is 11.8 Å². The highest BCUT2D eigenvalue weighted by Gasteiger charge is 2.38. The summed E-state index contributed by atoms with van der Waals surface area (Å²) in [6, 6.07) is 7.08. The lowest BCUT2D eigenvalue weighted by Crippen LogP contribution is -2.36. The third-order valence-corrected chi connectivity index (χ3v) is 4.72. The first kappa shape index (κ1) is 15.3. The van der Waals surface area contributed by atoms with Gasteiger partial charge in [0.1, 0.15) is 0 Å². The number of likely N-dealkylation sites (tertiary alicyclic amines) is 1. The van der Waals surface area contributed by atoms with E-state index in [1.807, 2.05) is 0 Å². The van der Waals surface area contributed by atoms with E-state index in [1.165, 1.54) is 0 Å². The molecule has 0 spiro atoms. The average molecular weight is 323 g/mol. The highest BCUT2D eigenvalue weighted by molar-refractivity contribution is 6.30. The summed E-state index contributed by atoms with van der Waals surface area (Å²) in [7, 11) is 0. The zero-order chi connectivity index (χ0) is 15.7. The molecule has 0 aromatic heterocycles. The van der Waals surface area contributed by atoms with Crippen LogP contribution in [0.1, 0.15) is 12.8 Å². The molecule has 6 heteroatoms. The number of carbonyl (C=O) groups excluding carboxylic acids is 2. The predicted molar refractivity (Wildman–Crippen MR) is 83.7 cm³/mol. The minimum absolute atomic E-state index is 0.0285. The zero-order valence-electron chi connectivity index (χ0n) is 12.2. The van der Waals surface area contributed by atoms with Crippen LogP contribution in [-0.2, 0) is 9.59 Å². The van der Waals surface area contributed by atoms with Crippen LogP contribution in [0.4, 0.5) is 5.69 Å². The molecule has 1 aromatic carbocycles. The number of anilines is 1. The van der Waals surface area contributed by atoms with Crippen molar-refractivity contribution in [3.8, 4) is 0 Å². The molecule has 0 aliphatic carbocycles. The van der Waals surface area contributed by atoms with Gasteiger partial charge in [0, 0.05) is 49.3 Å². The number of rotatable bonds is 3. The smallest absolute Gasteiger partial charge is 0.228 e. The first-order valence-corrected chi connectivity index (χ1v) is 7.92. The summed E-state index contributed by atoms with van der Waals surface area (Å²) >= 11 is 5.86. The molecule has 1 N–H and O–H groups in total. The normalized spacial score (nSPS) is 25.1. The Morgan fingerprint density at radius 3 is 2.64 bits per heavy atom. The molecule has 118 valence electrons. The summed E-state index contributed by atoms with van der Waals surface area (Å²) in [4.78, 5) is 28.2. The lowest BCUT2D eigenvalue weighted by atomic mass is 10.1. The van der Waals surface area contributed by atoms with Crippen LogP contribution < -0.4 is 4.90 Å². The van der Waals surface area contributed by atoms with Crippen LogP contribution >= 0.6 is 11.6 Å². The van der Waals surface area contributed by atoms with Crippen molar-refractivity contribution in [2.45, 2.75) is 12.8 Å². The van der Waals surface area contributed by atoms with E-state index in [-0.39, 0.29) is 36.7 Å². The van der Waals surface area contributed by atoms with Gasteiger partial charge in [-0.05, 0) is 30.7 Å². The average Bonchev–Trinajstić information content (AvgIpc) is 3.14. The van der Waals surface area contributed by atoms with Crippen LogP contribution in [0, 0.1) is 11.8 Å². The van der Waals surface area contributed by atoms with E-state index in [0.717, 1.165) is 12.1 Å². The number of benzene rings is 1. The van der Waals surface area contributed by atoms with E-state index < -0.39 is 0 Å². The van der Waals surface area contributed by atoms with Crippen molar-refractivity contribution < 1.29 is 14.7 Å². The maximum atomic E-state index is 12.5. The Morgan fingerprint density at radius 1 is 1.27 bits per heavy atom. The van der Waals surface area contributed by atoms with Crippen LogP contribution in [0.15, 0.2) is 24.3 Å². The molecule has 2 heterocycles. The zero-order valence-corrected chi connectivity index (χ0v) is 13.0. The van der Waals surface area contributed by atoms with E-state index in [2.05, 4.69) is 0 Å². The molecule has 0 bridgehead atoms. The first-order valence-electron chi connectivity index (χ1n) is 7.54. The Hall–Kier alpha value is -1.59. The molecule has 2 amide bonds. The van der Waals surface area contributed by atoms with Gasteiger partial charge in [0.15, 0.2) is 0 Å². The summed E-state index contributed by atoms with van der Waals surface area (Å²) in [5.41, 5.74) is 0.777. The van der Waals surface area contributed by atoms with E-state index in [0.29, 0.717) is 24.7 Å². The molecular formula is C16H19ClN2O3. The van der Waals surface area contributed by atoms with Crippen molar-refractivity contribution in [3.63, 3.8) is 0 Å². The number of amides is 2. The number of nitrogens with zero attached hydrogens (tertiary/aromatic N) is 2. The van der Waals surface area contributed by atoms with Crippen LogP contribution in [0.2, 0.25) is 5.02 Å². The van der Waals surface area contributed by atoms with Crippen molar-refractivity contribution in [3.05, 3.63) is 29.3 Å². The van der Waals surface area contributed by atoms with Crippen molar-refractivity contribution in [2.75, 3.05) is 31.1 Å². The molecule has 2 fully saturated rings. The molecule has 2 aliphatic heterocycles. The summed E-state index contributed by atoms with van der Waals surface area (Å²) in [5.74, 6) is -0.117. The standard InChI is InChI=1S/C16H19ClN2O3/c17-13-1-3-14(4-2-13)19-9-12(7-15(19)21)16(22)18-6-5-11(8-18)10-20/h1-4,11-12,20H,5-10H2. The number of carbonyl (C=O) groups is 2. The van der Waals surface area contributed by atoms with Crippen molar-refractivity contribution in [1.29, 1.82) is 0 Å². The van der Waals surface area contributed by atoms with Crippen molar-refractivity contribution in [1.82, 2.24) is 4.90 Å². The lowest BCUT2D eigenvalue weighted by Gasteiger charge is -2.21. The van der Waals surface area contributed by atoms with Gasteiger partial charge in [-0.1, -0.05) is 11.6 Å². The third-order valence-electron chi connectivity index (χ3n) is 4.47. The quantitative estimate of drug-likeness (QED) is 0.918. The van der Waals surface area contributed by atoms with Gasteiger partial charge in [-0.2, -0.15) is 0 Å². The summed E-state index contributed by atoms with van der Waals surface area (Å²) in [6.07, 6.45) is 1.09. The predicted octanol–water partition coefficient (Wildman–Crippen LogP) is 1.53. The Balaban J connectivity index is 1.66. The second kappa shape index (κ2) is 6.26. The second-order valence-corrected chi connectivity index (χ2v) is 6.44. The topological polar surface area (TPSA) is 60.9 Å². The number of halogens is 1. The Bertz CT molecular complexity index is 575. The van der Waals surface area contributed by atoms with Crippen LogP contribution in [-0.4, -0.2) is 48.1 Å². The molecular weight excluding hydrogens is 304 g/mol. The molecule has 0 saturated carbocycles. The van der Waals surface area contributed by atoms with Gasteiger partial charge >= 0.3 is 0 Å². The molecule has 2 unspecified atom stereocenters. The Morgan fingerprint density at radius 2 is 2.00 bits per heavy atom. The Labute approximate surface area is 134 Å². The van der Waals surface area contributed by atoms with Gasteiger partial charge < -0.3 is 14.9 Å². The number of aliphatic hydroxyl groups excluding tert-OH is 1. The maximum Gasteiger partial charge on any atom is 0.228 e. The monoisotopic (exact) mass is 322 g/mol. The molecule has 22 heavy (non-hydrogen) atoms. The molecule has 3 rings (SSSR count). The SMILES string of the molecule is O=C(C1CC(=O)N(c2ccc(Cl)cc2)C1)N1CCC(CO)C1. The number of aliphatic hydroxyl groups is 1. The maximum absolute atomic E-state index is 12.5. The van der Waals surface area contributed by atoms with Crippen LogP contribution in [0.3, 0.4) is 0 Å².